The smallest absolute Gasteiger partial charge is 0.449 e. The predicted molar refractivity (Wildman–Crippen MR) is 61.0 cm³/mol. The molecule has 7 heteroatoms. The Morgan fingerprint density at radius 2 is 2.11 bits per heavy atom. The van der Waals surface area contributed by atoms with Crippen LogP contribution in [0.5, 0.6) is 5.75 Å². The molecule has 96 valence electrons. The van der Waals surface area contributed by atoms with Gasteiger partial charge in [0.1, 0.15) is 0 Å². The second kappa shape index (κ2) is 4.64. The number of benzene rings is 1. The van der Waals surface area contributed by atoms with Crippen LogP contribution in [0.4, 0.5) is 13.2 Å². The molecule has 0 aliphatic carbocycles. The van der Waals surface area contributed by atoms with Crippen molar-refractivity contribution in [3.8, 4) is 5.75 Å². The molecule has 0 saturated heterocycles. The lowest BCUT2D eigenvalue weighted by Crippen LogP contribution is -2.17. The van der Waals surface area contributed by atoms with Gasteiger partial charge in [0.05, 0.1) is 5.33 Å². The van der Waals surface area contributed by atoms with Gasteiger partial charge in [-0.25, -0.2) is 0 Å². The highest BCUT2D eigenvalue weighted by molar-refractivity contribution is 9.09. The Morgan fingerprint density at radius 1 is 1.39 bits per heavy atom. The van der Waals surface area contributed by atoms with Crippen LogP contribution in [-0.4, -0.2) is 17.5 Å². The van der Waals surface area contributed by atoms with Crippen molar-refractivity contribution in [1.29, 1.82) is 0 Å². The van der Waals surface area contributed by atoms with Gasteiger partial charge in [-0.15, -0.1) is 13.2 Å². The third-order valence-electron chi connectivity index (χ3n) is 2.13. The van der Waals surface area contributed by atoms with E-state index in [1.807, 2.05) is 0 Å². The summed E-state index contributed by atoms with van der Waals surface area (Å²) in [4.78, 5) is 11.4. The number of hydrogen-bond donors (Lipinski definition) is 0. The SMILES string of the molecule is O=C(CBr)c1cc2cccc(OC(F)(F)F)c2o1. The molecule has 1 aromatic heterocycles. The zero-order valence-corrected chi connectivity index (χ0v) is 10.3. The second-order valence-electron chi connectivity index (χ2n) is 3.39. The van der Waals surface area contributed by atoms with Crippen LogP contribution in [0.2, 0.25) is 0 Å². The van der Waals surface area contributed by atoms with Gasteiger partial charge in [-0.1, -0.05) is 28.1 Å². The van der Waals surface area contributed by atoms with Crippen molar-refractivity contribution in [3.05, 3.63) is 30.0 Å². The van der Waals surface area contributed by atoms with Crippen molar-refractivity contribution >= 4 is 32.7 Å². The van der Waals surface area contributed by atoms with Crippen molar-refractivity contribution in [2.24, 2.45) is 0 Å². The molecule has 18 heavy (non-hydrogen) atoms. The number of ether oxygens (including phenoxy) is 1. The first-order valence-corrected chi connectivity index (χ1v) is 5.90. The number of rotatable bonds is 3. The molecule has 0 saturated carbocycles. The second-order valence-corrected chi connectivity index (χ2v) is 3.95. The van der Waals surface area contributed by atoms with Gasteiger partial charge in [-0.05, 0) is 12.1 Å². The summed E-state index contributed by atoms with van der Waals surface area (Å²) in [6.45, 7) is 0. The number of hydrogen-bond acceptors (Lipinski definition) is 3. The molecule has 0 fully saturated rings. The van der Waals surface area contributed by atoms with Gasteiger partial charge in [0.2, 0.25) is 5.78 Å². The summed E-state index contributed by atoms with van der Waals surface area (Å²) < 4.78 is 45.4. The highest BCUT2D eigenvalue weighted by Gasteiger charge is 2.32. The molecule has 0 N–H and O–H groups in total. The standard InChI is InChI=1S/C11H6BrF3O3/c12-5-7(16)9-4-6-2-1-3-8(10(6)17-9)18-11(13,14)15/h1-4H,5H2. The molecule has 2 rings (SSSR count). The van der Waals surface area contributed by atoms with Crippen LogP contribution in [0.1, 0.15) is 10.6 Å². The lowest BCUT2D eigenvalue weighted by Gasteiger charge is -2.08. The van der Waals surface area contributed by atoms with E-state index in [1.165, 1.54) is 18.2 Å². The molecule has 0 aliphatic heterocycles. The molecule has 0 spiro atoms. The fraction of sp³-hybridized carbons (Fsp3) is 0.182. The average Bonchev–Trinajstić information content (AvgIpc) is 2.71. The van der Waals surface area contributed by atoms with Crippen LogP contribution >= 0.6 is 15.9 Å². The van der Waals surface area contributed by atoms with E-state index >= 15 is 0 Å². The molecule has 0 unspecified atom stereocenters. The molecule has 0 aliphatic rings. The molecule has 0 radical (unpaired) electrons. The van der Waals surface area contributed by atoms with Gasteiger partial charge < -0.3 is 9.15 Å². The molecule has 0 atom stereocenters. The maximum atomic E-state index is 12.2. The average molecular weight is 323 g/mol. The van der Waals surface area contributed by atoms with Crippen molar-refractivity contribution in [2.75, 3.05) is 5.33 Å². The van der Waals surface area contributed by atoms with Crippen LogP contribution in [0.3, 0.4) is 0 Å². The van der Waals surface area contributed by atoms with E-state index in [0.29, 0.717) is 5.39 Å². The molecule has 1 aromatic carbocycles. The maximum Gasteiger partial charge on any atom is 0.573 e. The minimum atomic E-state index is -4.80. The van der Waals surface area contributed by atoms with Gasteiger partial charge in [0, 0.05) is 5.39 Å². The first kappa shape index (κ1) is 12.9. The van der Waals surface area contributed by atoms with E-state index in [2.05, 4.69) is 20.7 Å². The lowest BCUT2D eigenvalue weighted by molar-refractivity contribution is -0.274. The predicted octanol–water partition coefficient (Wildman–Crippen LogP) is 3.91. The van der Waals surface area contributed by atoms with E-state index in [4.69, 9.17) is 4.42 Å². The molecule has 2 aromatic rings. The van der Waals surface area contributed by atoms with Crippen LogP contribution in [0.15, 0.2) is 28.7 Å². The van der Waals surface area contributed by atoms with Gasteiger partial charge >= 0.3 is 6.36 Å². The Balaban J connectivity index is 2.49. The summed E-state index contributed by atoms with van der Waals surface area (Å²) in [5, 5.41) is 0.406. The van der Waals surface area contributed by atoms with Crippen LogP contribution in [0, 0.1) is 0 Å². The number of fused-ring (bicyclic) bond motifs is 1. The Morgan fingerprint density at radius 3 is 2.72 bits per heavy atom. The largest absolute Gasteiger partial charge is 0.573 e. The summed E-state index contributed by atoms with van der Waals surface area (Å²) in [5.41, 5.74) is -0.0980. The Labute approximate surface area is 108 Å². The van der Waals surface area contributed by atoms with Gasteiger partial charge in [0.25, 0.3) is 0 Å². The lowest BCUT2D eigenvalue weighted by atomic mass is 10.2. The summed E-state index contributed by atoms with van der Waals surface area (Å²) in [6, 6.07) is 5.43. The van der Waals surface area contributed by atoms with E-state index in [0.717, 1.165) is 6.07 Å². The van der Waals surface area contributed by atoms with Gasteiger partial charge in [-0.3, -0.25) is 4.79 Å². The first-order valence-electron chi connectivity index (χ1n) is 4.78. The third-order valence-corrected chi connectivity index (χ3v) is 2.64. The Hall–Kier alpha value is -1.50. The molecular weight excluding hydrogens is 317 g/mol. The van der Waals surface area contributed by atoms with E-state index < -0.39 is 12.1 Å². The first-order chi connectivity index (χ1) is 8.40. The molecule has 1 heterocycles. The summed E-state index contributed by atoms with van der Waals surface area (Å²) in [6.07, 6.45) is -4.80. The zero-order valence-electron chi connectivity index (χ0n) is 8.75. The van der Waals surface area contributed by atoms with Crippen molar-refractivity contribution in [1.82, 2.24) is 0 Å². The molecule has 3 nitrogen and oxygen atoms in total. The van der Waals surface area contributed by atoms with Crippen LogP contribution < -0.4 is 4.74 Å². The fourth-order valence-electron chi connectivity index (χ4n) is 1.44. The quantitative estimate of drug-likeness (QED) is 0.635. The zero-order chi connectivity index (χ0) is 13.3. The summed E-state index contributed by atoms with van der Waals surface area (Å²) in [5.74, 6) is -0.835. The number of alkyl halides is 4. The Bertz CT molecular complexity index is 589. The number of para-hydroxylation sites is 1. The molecule has 0 bridgehead atoms. The number of carbonyl (C=O) groups excluding carboxylic acids is 1. The monoisotopic (exact) mass is 322 g/mol. The number of furan rings is 1. The fourth-order valence-corrected chi connectivity index (χ4v) is 1.72. The number of carbonyl (C=O) groups is 1. The van der Waals surface area contributed by atoms with Crippen molar-refractivity contribution in [2.45, 2.75) is 6.36 Å². The summed E-state index contributed by atoms with van der Waals surface area (Å²) >= 11 is 2.96. The van der Waals surface area contributed by atoms with E-state index in [9.17, 15) is 18.0 Å². The topological polar surface area (TPSA) is 39.4 Å². The minimum absolute atomic E-state index is 0.0138. The minimum Gasteiger partial charge on any atom is -0.449 e. The highest BCUT2D eigenvalue weighted by Crippen LogP contribution is 2.32. The highest BCUT2D eigenvalue weighted by atomic mass is 79.9. The van der Waals surface area contributed by atoms with Crippen molar-refractivity contribution in [3.63, 3.8) is 0 Å². The molecular formula is C11H6BrF3O3. The van der Waals surface area contributed by atoms with E-state index in [1.54, 1.807) is 0 Å². The normalized spacial score (nSPS) is 11.8. The number of halogens is 4. The van der Waals surface area contributed by atoms with Crippen molar-refractivity contribution < 1.29 is 27.1 Å². The third kappa shape index (κ3) is 2.66. The van der Waals surface area contributed by atoms with Gasteiger partial charge in [-0.2, -0.15) is 0 Å². The maximum absolute atomic E-state index is 12.2. The van der Waals surface area contributed by atoms with Crippen LogP contribution in [0.25, 0.3) is 11.0 Å². The number of ketones is 1. The summed E-state index contributed by atoms with van der Waals surface area (Å²) in [7, 11) is 0. The van der Waals surface area contributed by atoms with E-state index in [-0.39, 0.29) is 22.5 Å². The number of Topliss-reactive ketones (excluding diaryl/α,β-unsaturated/α-hetero) is 1. The Kier molecular flexibility index (Phi) is 3.34. The van der Waals surface area contributed by atoms with Gasteiger partial charge in [0.15, 0.2) is 17.1 Å². The van der Waals surface area contributed by atoms with Crippen LogP contribution in [-0.2, 0) is 0 Å². The molecule has 0 amide bonds.